The smallest absolute Gasteiger partial charge is 0.207 e. The van der Waals surface area contributed by atoms with Crippen molar-refractivity contribution in [3.8, 4) is 56.4 Å². The van der Waals surface area contributed by atoms with E-state index in [-0.39, 0.29) is 9.79 Å². The number of benzene rings is 6. The number of para-hydroxylation sites is 1. The van der Waals surface area contributed by atoms with E-state index in [4.69, 9.17) is 19.4 Å². The number of aromatic nitrogens is 3. The number of hydrogen-bond donors (Lipinski definition) is 0. The third kappa shape index (κ3) is 4.09. The number of hydrogen-bond acceptors (Lipinski definition) is 6. The van der Waals surface area contributed by atoms with Crippen molar-refractivity contribution in [1.82, 2.24) is 15.0 Å². The van der Waals surface area contributed by atoms with Gasteiger partial charge in [-0.3, -0.25) is 0 Å². The molecule has 0 amide bonds. The lowest BCUT2D eigenvalue weighted by atomic mass is 9.95. The van der Waals surface area contributed by atoms with Crippen LogP contribution in [-0.2, 0) is 9.84 Å². The molecule has 0 saturated carbocycles. The van der Waals surface area contributed by atoms with Gasteiger partial charge in [0.25, 0.3) is 0 Å². The third-order valence-corrected chi connectivity index (χ3v) is 10.4. The summed E-state index contributed by atoms with van der Waals surface area (Å²) < 4.78 is 33.8. The summed E-state index contributed by atoms with van der Waals surface area (Å²) in [6, 6.07) is 44.3. The Hall–Kier alpha value is -5.92. The number of rotatable bonds is 4. The van der Waals surface area contributed by atoms with Gasteiger partial charge in [0.2, 0.25) is 9.84 Å². The molecule has 0 N–H and O–H groups in total. The molecule has 0 fully saturated rings. The summed E-state index contributed by atoms with van der Waals surface area (Å²) in [5, 5.41) is 2.04. The van der Waals surface area contributed by atoms with Crippen LogP contribution < -0.4 is 0 Å². The number of furan rings is 1. The largest absolute Gasteiger partial charge is 0.456 e. The Morgan fingerprint density at radius 3 is 1.78 bits per heavy atom. The second-order valence-corrected chi connectivity index (χ2v) is 13.1. The standard InChI is InChI=1S/C39H23N3O3S/c43-46(44)34-21-19-27(26-18-20-33-30(22-26)28-14-7-8-16-32(28)45-33)23-31(34)36-29(15-9-17-35(36)46)39-41-37(24-10-3-1-4-11-24)40-38(42-39)25-12-5-2-6-13-25/h1-23H. The Labute approximate surface area is 264 Å². The molecule has 0 radical (unpaired) electrons. The maximum Gasteiger partial charge on any atom is 0.207 e. The highest BCUT2D eigenvalue weighted by molar-refractivity contribution is 7.92. The van der Waals surface area contributed by atoms with Gasteiger partial charge in [0.1, 0.15) is 11.2 Å². The zero-order chi connectivity index (χ0) is 30.8. The molecule has 1 aliphatic heterocycles. The number of sulfone groups is 1. The molecule has 3 heterocycles. The first-order valence-electron chi connectivity index (χ1n) is 14.9. The Morgan fingerprint density at radius 2 is 1.04 bits per heavy atom. The van der Waals surface area contributed by atoms with E-state index in [1.807, 2.05) is 115 Å². The van der Waals surface area contributed by atoms with Crippen LogP contribution in [0.25, 0.3) is 78.4 Å². The molecule has 6 aromatic carbocycles. The summed E-state index contributed by atoms with van der Waals surface area (Å²) in [4.78, 5) is 15.1. The molecule has 0 unspecified atom stereocenters. The van der Waals surface area contributed by atoms with Crippen LogP contribution in [0.3, 0.4) is 0 Å². The van der Waals surface area contributed by atoms with Crippen LogP contribution in [0.15, 0.2) is 154 Å². The molecule has 46 heavy (non-hydrogen) atoms. The van der Waals surface area contributed by atoms with Crippen molar-refractivity contribution in [2.75, 3.05) is 0 Å². The van der Waals surface area contributed by atoms with E-state index in [1.54, 1.807) is 18.2 Å². The molecule has 0 atom stereocenters. The highest BCUT2D eigenvalue weighted by atomic mass is 32.2. The van der Waals surface area contributed by atoms with Crippen molar-refractivity contribution in [2.24, 2.45) is 0 Å². The van der Waals surface area contributed by atoms with Crippen LogP contribution in [0.1, 0.15) is 0 Å². The molecular formula is C39H23N3O3S. The molecule has 7 heteroatoms. The van der Waals surface area contributed by atoms with Crippen LogP contribution >= 0.6 is 0 Å². The lowest BCUT2D eigenvalue weighted by Crippen LogP contribution is -2.01. The fourth-order valence-electron chi connectivity index (χ4n) is 6.31. The van der Waals surface area contributed by atoms with Gasteiger partial charge in [0.05, 0.1) is 9.79 Å². The van der Waals surface area contributed by atoms with Gasteiger partial charge in [-0.25, -0.2) is 23.4 Å². The van der Waals surface area contributed by atoms with Crippen molar-refractivity contribution in [1.29, 1.82) is 0 Å². The summed E-state index contributed by atoms with van der Waals surface area (Å²) >= 11 is 0. The van der Waals surface area contributed by atoms with Gasteiger partial charge in [-0.15, -0.1) is 0 Å². The summed E-state index contributed by atoms with van der Waals surface area (Å²) in [5.74, 6) is 1.43. The van der Waals surface area contributed by atoms with Crippen LogP contribution in [0.4, 0.5) is 0 Å². The molecule has 6 nitrogen and oxygen atoms in total. The summed E-state index contributed by atoms with van der Waals surface area (Å²) in [6.07, 6.45) is 0. The zero-order valence-electron chi connectivity index (χ0n) is 24.3. The molecule has 2 aromatic heterocycles. The minimum atomic E-state index is -3.76. The molecular weight excluding hydrogens is 591 g/mol. The maximum atomic E-state index is 13.9. The van der Waals surface area contributed by atoms with Gasteiger partial charge >= 0.3 is 0 Å². The number of fused-ring (bicyclic) bond motifs is 6. The Kier molecular flexibility index (Phi) is 5.79. The van der Waals surface area contributed by atoms with Crippen LogP contribution in [0.5, 0.6) is 0 Å². The highest BCUT2D eigenvalue weighted by Gasteiger charge is 2.36. The van der Waals surface area contributed by atoms with E-state index in [0.717, 1.165) is 44.2 Å². The van der Waals surface area contributed by atoms with E-state index in [0.29, 0.717) is 34.2 Å². The van der Waals surface area contributed by atoms with Gasteiger partial charge in [-0.1, -0.05) is 103 Å². The lowest BCUT2D eigenvalue weighted by Gasteiger charge is -2.12. The quantitative estimate of drug-likeness (QED) is 0.197. The Bertz CT molecular complexity index is 2540. The van der Waals surface area contributed by atoms with E-state index >= 15 is 0 Å². The SMILES string of the molecule is O=S1(=O)c2ccc(-c3ccc4oc5ccccc5c4c3)cc2-c2c(-c3nc(-c4ccccc4)nc(-c4ccccc4)n3)cccc21. The summed E-state index contributed by atoms with van der Waals surface area (Å²) in [6.45, 7) is 0. The minimum absolute atomic E-state index is 0.247. The fraction of sp³-hybridized carbons (Fsp3) is 0. The second kappa shape index (κ2) is 10.1. The molecule has 0 spiro atoms. The normalized spacial score (nSPS) is 13.1. The minimum Gasteiger partial charge on any atom is -0.456 e. The average Bonchev–Trinajstić information content (AvgIpc) is 3.60. The topological polar surface area (TPSA) is 86.0 Å². The monoisotopic (exact) mass is 613 g/mol. The van der Waals surface area contributed by atoms with E-state index < -0.39 is 9.84 Å². The second-order valence-electron chi connectivity index (χ2n) is 11.2. The lowest BCUT2D eigenvalue weighted by molar-refractivity contribution is 0.598. The number of nitrogens with zero attached hydrogens (tertiary/aromatic N) is 3. The molecule has 0 saturated heterocycles. The average molecular weight is 614 g/mol. The summed E-state index contributed by atoms with van der Waals surface area (Å²) in [5.41, 5.74) is 7.03. The first-order chi connectivity index (χ1) is 22.5. The van der Waals surface area contributed by atoms with Crippen molar-refractivity contribution in [3.05, 3.63) is 140 Å². The first kappa shape index (κ1) is 26.5. The molecule has 0 bridgehead atoms. The molecule has 1 aliphatic rings. The van der Waals surface area contributed by atoms with Crippen molar-refractivity contribution >= 4 is 31.8 Å². The maximum absolute atomic E-state index is 13.9. The van der Waals surface area contributed by atoms with E-state index in [9.17, 15) is 8.42 Å². The van der Waals surface area contributed by atoms with Gasteiger partial charge < -0.3 is 4.42 Å². The van der Waals surface area contributed by atoms with Gasteiger partial charge in [-0.05, 0) is 47.5 Å². The zero-order valence-corrected chi connectivity index (χ0v) is 25.1. The van der Waals surface area contributed by atoms with Crippen LogP contribution in [-0.4, -0.2) is 23.4 Å². The molecule has 8 aromatic rings. The Morgan fingerprint density at radius 1 is 0.435 bits per heavy atom. The van der Waals surface area contributed by atoms with Gasteiger partial charge in [-0.2, -0.15) is 0 Å². The predicted octanol–water partition coefficient (Wildman–Crippen LogP) is 9.25. The van der Waals surface area contributed by atoms with Crippen molar-refractivity contribution < 1.29 is 12.8 Å². The summed E-state index contributed by atoms with van der Waals surface area (Å²) in [7, 11) is -3.76. The third-order valence-electron chi connectivity index (χ3n) is 8.50. The van der Waals surface area contributed by atoms with Crippen molar-refractivity contribution in [2.45, 2.75) is 9.79 Å². The van der Waals surface area contributed by atoms with E-state index in [2.05, 4.69) is 6.07 Å². The van der Waals surface area contributed by atoms with Crippen LogP contribution in [0, 0.1) is 0 Å². The van der Waals surface area contributed by atoms with Gasteiger partial charge in [0.15, 0.2) is 17.5 Å². The highest BCUT2D eigenvalue weighted by Crippen LogP contribution is 2.49. The molecule has 0 aliphatic carbocycles. The molecule has 218 valence electrons. The van der Waals surface area contributed by atoms with Gasteiger partial charge in [0, 0.05) is 38.6 Å². The predicted molar refractivity (Wildman–Crippen MR) is 180 cm³/mol. The first-order valence-corrected chi connectivity index (χ1v) is 16.3. The van der Waals surface area contributed by atoms with Crippen LogP contribution in [0.2, 0.25) is 0 Å². The van der Waals surface area contributed by atoms with E-state index in [1.165, 1.54) is 0 Å². The van der Waals surface area contributed by atoms with Crippen molar-refractivity contribution in [3.63, 3.8) is 0 Å². The fourth-order valence-corrected chi connectivity index (χ4v) is 7.99. The molecule has 9 rings (SSSR count). The Balaban J connectivity index is 1.26.